The van der Waals surface area contributed by atoms with Crippen molar-refractivity contribution < 1.29 is 9.59 Å². The Bertz CT molecular complexity index is 965. The van der Waals surface area contributed by atoms with Crippen LogP contribution in [0.2, 0.25) is 5.02 Å². The van der Waals surface area contributed by atoms with Gasteiger partial charge < -0.3 is 10.2 Å². The molecule has 1 saturated heterocycles. The van der Waals surface area contributed by atoms with Gasteiger partial charge in [-0.05, 0) is 43.9 Å². The lowest BCUT2D eigenvalue weighted by atomic mass is 9.99. The summed E-state index contributed by atoms with van der Waals surface area (Å²) in [6.07, 6.45) is 5.42. The highest BCUT2D eigenvalue weighted by atomic mass is 35.5. The molecule has 2 aliphatic heterocycles. The molecule has 1 saturated carbocycles. The summed E-state index contributed by atoms with van der Waals surface area (Å²) in [5.41, 5.74) is 0.944. The van der Waals surface area contributed by atoms with Crippen LogP contribution in [0.1, 0.15) is 36.2 Å². The summed E-state index contributed by atoms with van der Waals surface area (Å²) in [6, 6.07) is 6.97. The van der Waals surface area contributed by atoms with Gasteiger partial charge in [0, 0.05) is 25.3 Å². The molecule has 3 amide bonds. The van der Waals surface area contributed by atoms with Gasteiger partial charge in [-0.15, -0.1) is 0 Å². The number of carbonyl (C=O) groups is 2. The molecule has 1 atom stereocenters. The number of nitrogens with one attached hydrogen (secondary N) is 2. The lowest BCUT2D eigenvalue weighted by Gasteiger charge is -2.45. The minimum Gasteiger partial charge on any atom is -0.366 e. The maximum absolute atomic E-state index is 13.2. The summed E-state index contributed by atoms with van der Waals surface area (Å²) in [7, 11) is 0. The third-order valence-electron chi connectivity index (χ3n) is 5.51. The first kappa shape index (κ1) is 18.2. The average Bonchev–Trinajstić information content (AvgIpc) is 3.53. The van der Waals surface area contributed by atoms with Crippen LogP contribution in [0.4, 0.5) is 22.1 Å². The molecular formula is C20H21ClN6O2. The monoisotopic (exact) mass is 412 g/mol. The molecule has 0 unspecified atom stereocenters. The van der Waals surface area contributed by atoms with Gasteiger partial charge in [-0.2, -0.15) is 0 Å². The highest BCUT2D eigenvalue weighted by Crippen LogP contribution is 2.40. The van der Waals surface area contributed by atoms with Gasteiger partial charge in [0.05, 0.1) is 16.8 Å². The lowest BCUT2D eigenvalue weighted by molar-refractivity contribution is 0.0946. The van der Waals surface area contributed by atoms with Crippen LogP contribution in [0.25, 0.3) is 0 Å². The maximum Gasteiger partial charge on any atom is 0.329 e. The number of fused-ring (bicyclic) bond motifs is 4. The normalized spacial score (nSPS) is 20.1. The predicted octanol–water partition coefficient (Wildman–Crippen LogP) is 3.04. The number of urea groups is 1. The number of halogens is 1. The molecule has 0 radical (unpaired) electrons. The summed E-state index contributed by atoms with van der Waals surface area (Å²) in [5, 5.41) is 6.07. The summed E-state index contributed by atoms with van der Waals surface area (Å²) in [4.78, 5) is 38.4. The van der Waals surface area contributed by atoms with Crippen LogP contribution in [0.15, 0.2) is 30.5 Å². The van der Waals surface area contributed by atoms with Gasteiger partial charge in [-0.1, -0.05) is 17.7 Å². The second-order valence-electron chi connectivity index (χ2n) is 7.67. The Kier molecular flexibility index (Phi) is 4.50. The standard InChI is InChI=1S/C20H21ClN6O2/c21-14-10-15-18(25-17(14)19(28)23-12-6-7-12)27(13-4-3-9-26(15)11-13)20(29)24-16-5-1-2-8-22-16/h1-2,5,8,10,12-13H,3-4,6-7,9,11H2,(H,23,28)(H,22,24,29)/t13-/m0/s1. The Labute approximate surface area is 173 Å². The molecular weight excluding hydrogens is 392 g/mol. The second kappa shape index (κ2) is 7.18. The van der Waals surface area contributed by atoms with E-state index in [-0.39, 0.29) is 29.7 Å². The second-order valence-corrected chi connectivity index (χ2v) is 8.07. The average molecular weight is 413 g/mol. The fourth-order valence-corrected chi connectivity index (χ4v) is 4.18. The number of carbonyl (C=O) groups excluding carboxylic acids is 2. The Morgan fingerprint density at radius 2 is 2.07 bits per heavy atom. The fraction of sp³-hybridized carbons (Fsp3) is 0.400. The Morgan fingerprint density at radius 1 is 1.21 bits per heavy atom. The lowest BCUT2D eigenvalue weighted by Crippen LogP contribution is -2.56. The van der Waals surface area contributed by atoms with Gasteiger partial charge in [-0.3, -0.25) is 15.0 Å². The number of pyridine rings is 2. The highest BCUT2D eigenvalue weighted by Gasteiger charge is 2.39. The SMILES string of the molecule is O=C(NC1CC1)c1nc2c(cc1Cl)N1CCC[C@@H](C1)N2C(=O)Nc1ccccn1. The van der Waals surface area contributed by atoms with Crippen molar-refractivity contribution in [3.05, 3.63) is 41.2 Å². The van der Waals surface area contributed by atoms with Crippen molar-refractivity contribution in [2.45, 2.75) is 37.8 Å². The van der Waals surface area contributed by atoms with E-state index in [0.29, 0.717) is 23.2 Å². The van der Waals surface area contributed by atoms with Crippen molar-refractivity contribution in [1.29, 1.82) is 0 Å². The summed E-state index contributed by atoms with van der Waals surface area (Å²) in [6.45, 7) is 1.60. The van der Waals surface area contributed by atoms with Crippen LogP contribution in [0.3, 0.4) is 0 Å². The fourth-order valence-electron chi connectivity index (χ4n) is 3.95. The predicted molar refractivity (Wildman–Crippen MR) is 111 cm³/mol. The Hall–Kier alpha value is -2.87. The van der Waals surface area contributed by atoms with E-state index in [1.54, 1.807) is 29.3 Å². The number of piperidine rings is 1. The summed E-state index contributed by atoms with van der Waals surface area (Å²) >= 11 is 6.41. The molecule has 2 aromatic rings. The van der Waals surface area contributed by atoms with Gasteiger partial charge >= 0.3 is 6.03 Å². The minimum absolute atomic E-state index is 0.0204. The molecule has 2 N–H and O–H groups in total. The van der Waals surface area contributed by atoms with E-state index >= 15 is 0 Å². The molecule has 4 heterocycles. The van der Waals surface area contributed by atoms with Crippen LogP contribution < -0.4 is 20.4 Å². The van der Waals surface area contributed by atoms with Crippen LogP contribution in [0.5, 0.6) is 0 Å². The number of aromatic nitrogens is 2. The zero-order valence-corrected chi connectivity index (χ0v) is 16.5. The molecule has 150 valence electrons. The van der Waals surface area contributed by atoms with Crippen molar-refractivity contribution in [3.63, 3.8) is 0 Å². The van der Waals surface area contributed by atoms with E-state index in [4.69, 9.17) is 11.6 Å². The molecule has 0 aromatic carbocycles. The van der Waals surface area contributed by atoms with Crippen LogP contribution in [-0.4, -0.2) is 47.1 Å². The zero-order valence-electron chi connectivity index (χ0n) is 15.8. The summed E-state index contributed by atoms with van der Waals surface area (Å²) in [5.74, 6) is 0.647. The third kappa shape index (κ3) is 3.48. The van der Waals surface area contributed by atoms with Crippen molar-refractivity contribution in [2.75, 3.05) is 28.2 Å². The topological polar surface area (TPSA) is 90.5 Å². The van der Waals surface area contributed by atoms with Gasteiger partial charge in [0.1, 0.15) is 11.5 Å². The first-order valence-electron chi connectivity index (χ1n) is 9.88. The van der Waals surface area contributed by atoms with Gasteiger partial charge in [-0.25, -0.2) is 14.8 Å². The molecule has 8 nitrogen and oxygen atoms in total. The number of nitrogens with zero attached hydrogens (tertiary/aromatic N) is 4. The van der Waals surface area contributed by atoms with E-state index < -0.39 is 0 Å². The van der Waals surface area contributed by atoms with E-state index in [0.717, 1.165) is 37.9 Å². The summed E-state index contributed by atoms with van der Waals surface area (Å²) < 4.78 is 0. The Morgan fingerprint density at radius 3 is 2.83 bits per heavy atom. The molecule has 9 heteroatoms. The molecule has 0 spiro atoms. The molecule has 2 fully saturated rings. The number of hydrogen-bond donors (Lipinski definition) is 2. The van der Waals surface area contributed by atoms with Crippen molar-refractivity contribution in [1.82, 2.24) is 15.3 Å². The number of anilines is 3. The van der Waals surface area contributed by atoms with Gasteiger partial charge in [0.25, 0.3) is 5.91 Å². The largest absolute Gasteiger partial charge is 0.366 e. The molecule has 3 aliphatic rings. The number of amides is 3. The van der Waals surface area contributed by atoms with E-state index in [9.17, 15) is 9.59 Å². The van der Waals surface area contributed by atoms with Gasteiger partial charge in [0.15, 0.2) is 5.82 Å². The van der Waals surface area contributed by atoms with E-state index in [1.165, 1.54) is 0 Å². The Balaban J connectivity index is 1.52. The number of rotatable bonds is 3. The molecule has 5 rings (SSSR count). The van der Waals surface area contributed by atoms with Crippen LogP contribution in [-0.2, 0) is 0 Å². The molecule has 2 bridgehead atoms. The van der Waals surface area contributed by atoms with Crippen molar-refractivity contribution in [3.8, 4) is 0 Å². The zero-order chi connectivity index (χ0) is 20.0. The van der Waals surface area contributed by atoms with Gasteiger partial charge in [0.2, 0.25) is 0 Å². The van der Waals surface area contributed by atoms with Crippen LogP contribution >= 0.6 is 11.6 Å². The molecule has 2 aromatic heterocycles. The minimum atomic E-state index is -0.306. The van der Waals surface area contributed by atoms with E-state index in [1.807, 2.05) is 6.07 Å². The van der Waals surface area contributed by atoms with Crippen molar-refractivity contribution in [2.24, 2.45) is 0 Å². The van der Waals surface area contributed by atoms with Crippen LogP contribution in [0, 0.1) is 0 Å². The molecule has 29 heavy (non-hydrogen) atoms. The quantitative estimate of drug-likeness (QED) is 0.808. The third-order valence-corrected chi connectivity index (χ3v) is 5.80. The molecule has 1 aliphatic carbocycles. The first-order chi connectivity index (χ1) is 14.1. The first-order valence-corrected chi connectivity index (χ1v) is 10.3. The smallest absolute Gasteiger partial charge is 0.329 e. The number of hydrogen-bond acceptors (Lipinski definition) is 5. The highest BCUT2D eigenvalue weighted by molar-refractivity contribution is 6.34. The van der Waals surface area contributed by atoms with E-state index in [2.05, 4.69) is 25.5 Å². The van der Waals surface area contributed by atoms with Crippen molar-refractivity contribution >= 4 is 40.9 Å². The maximum atomic E-state index is 13.2.